The molecule has 2 aromatic carbocycles. The molecule has 0 aliphatic carbocycles. The second-order valence-electron chi connectivity index (χ2n) is 6.96. The number of rotatable bonds is 6. The summed E-state index contributed by atoms with van der Waals surface area (Å²) in [4.78, 5) is 39.4. The number of carboxylic acid groups (broad SMARTS) is 1. The first-order valence-corrected chi connectivity index (χ1v) is 9.58. The van der Waals surface area contributed by atoms with Gasteiger partial charge in [0.15, 0.2) is 0 Å². The number of fused-ring (bicyclic) bond motifs is 2. The quantitative estimate of drug-likeness (QED) is 0.411. The van der Waals surface area contributed by atoms with Crippen molar-refractivity contribution in [2.24, 2.45) is 0 Å². The SMILES string of the molecule is O=C(Cc1cc2ccccc2oc1=O)N[C@H](Cc1cc2cc(Cl)ccc2[nH]1)C(=O)O. The lowest BCUT2D eigenvalue weighted by molar-refractivity contribution is -0.141. The van der Waals surface area contributed by atoms with Crippen LogP contribution in [-0.2, 0) is 22.4 Å². The maximum atomic E-state index is 12.4. The molecule has 0 fully saturated rings. The molecule has 1 atom stereocenters. The molecule has 8 heteroatoms. The van der Waals surface area contributed by atoms with Crippen molar-refractivity contribution in [1.82, 2.24) is 10.3 Å². The van der Waals surface area contributed by atoms with Gasteiger partial charge in [-0.3, -0.25) is 4.79 Å². The fraction of sp³-hybridized carbons (Fsp3) is 0.136. The molecule has 0 saturated heterocycles. The van der Waals surface area contributed by atoms with Crippen molar-refractivity contribution in [2.75, 3.05) is 0 Å². The van der Waals surface area contributed by atoms with E-state index >= 15 is 0 Å². The molecule has 7 nitrogen and oxygen atoms in total. The molecule has 0 aliphatic rings. The number of carboxylic acids is 1. The summed E-state index contributed by atoms with van der Waals surface area (Å²) in [5.41, 5.74) is 1.43. The number of amides is 1. The highest BCUT2D eigenvalue weighted by Crippen LogP contribution is 2.21. The van der Waals surface area contributed by atoms with Crippen molar-refractivity contribution in [2.45, 2.75) is 18.9 Å². The van der Waals surface area contributed by atoms with E-state index < -0.39 is 23.5 Å². The molecular formula is C22H17ClN2O5. The zero-order valence-electron chi connectivity index (χ0n) is 15.6. The summed E-state index contributed by atoms with van der Waals surface area (Å²) in [6, 6.07) is 14.5. The van der Waals surface area contributed by atoms with Crippen LogP contribution in [0.3, 0.4) is 0 Å². The van der Waals surface area contributed by atoms with Crippen LogP contribution in [0.2, 0.25) is 5.02 Å². The minimum Gasteiger partial charge on any atom is -0.480 e. The van der Waals surface area contributed by atoms with E-state index in [9.17, 15) is 19.5 Å². The van der Waals surface area contributed by atoms with Crippen LogP contribution in [0.4, 0.5) is 0 Å². The van der Waals surface area contributed by atoms with E-state index in [1.165, 1.54) is 0 Å². The van der Waals surface area contributed by atoms with Gasteiger partial charge in [-0.05, 0) is 36.4 Å². The molecule has 0 saturated carbocycles. The largest absolute Gasteiger partial charge is 0.480 e. The predicted octanol–water partition coefficient (Wildman–Crippen LogP) is 3.28. The van der Waals surface area contributed by atoms with E-state index in [0.717, 1.165) is 10.9 Å². The number of hydrogen-bond donors (Lipinski definition) is 3. The fourth-order valence-corrected chi connectivity index (χ4v) is 3.52. The Hall–Kier alpha value is -3.58. The summed E-state index contributed by atoms with van der Waals surface area (Å²) < 4.78 is 5.22. The first-order valence-electron chi connectivity index (χ1n) is 9.20. The zero-order chi connectivity index (χ0) is 21.3. The average molecular weight is 425 g/mol. The second-order valence-corrected chi connectivity index (χ2v) is 7.40. The topological polar surface area (TPSA) is 112 Å². The number of hydrogen-bond acceptors (Lipinski definition) is 4. The molecule has 4 rings (SSSR count). The van der Waals surface area contributed by atoms with Crippen molar-refractivity contribution < 1.29 is 19.1 Å². The monoisotopic (exact) mass is 424 g/mol. The molecule has 0 spiro atoms. The fourth-order valence-electron chi connectivity index (χ4n) is 3.34. The van der Waals surface area contributed by atoms with E-state index in [0.29, 0.717) is 21.7 Å². The molecule has 3 N–H and O–H groups in total. The third kappa shape index (κ3) is 4.21. The highest BCUT2D eigenvalue weighted by atomic mass is 35.5. The molecule has 2 aromatic heterocycles. The normalized spacial score (nSPS) is 12.2. The van der Waals surface area contributed by atoms with Crippen molar-refractivity contribution in [3.8, 4) is 0 Å². The number of aromatic nitrogens is 1. The first-order chi connectivity index (χ1) is 14.4. The third-order valence-electron chi connectivity index (χ3n) is 4.76. The first kappa shape index (κ1) is 19.7. The van der Waals surface area contributed by atoms with Crippen LogP contribution in [0.1, 0.15) is 11.3 Å². The smallest absolute Gasteiger partial charge is 0.339 e. The van der Waals surface area contributed by atoms with E-state index in [-0.39, 0.29) is 18.4 Å². The maximum Gasteiger partial charge on any atom is 0.339 e. The number of aromatic amines is 1. The van der Waals surface area contributed by atoms with Gasteiger partial charge in [-0.25, -0.2) is 9.59 Å². The van der Waals surface area contributed by atoms with Gasteiger partial charge in [-0.1, -0.05) is 29.8 Å². The van der Waals surface area contributed by atoms with Gasteiger partial charge in [0, 0.05) is 39.0 Å². The van der Waals surface area contributed by atoms with Gasteiger partial charge >= 0.3 is 11.6 Å². The third-order valence-corrected chi connectivity index (χ3v) is 5.00. The van der Waals surface area contributed by atoms with Gasteiger partial charge in [-0.2, -0.15) is 0 Å². The average Bonchev–Trinajstić information content (AvgIpc) is 3.09. The number of H-pyrrole nitrogens is 1. The predicted molar refractivity (Wildman–Crippen MR) is 113 cm³/mol. The summed E-state index contributed by atoms with van der Waals surface area (Å²) in [7, 11) is 0. The number of para-hydroxylation sites is 1. The van der Waals surface area contributed by atoms with Crippen molar-refractivity contribution >= 4 is 45.3 Å². The number of halogens is 1. The molecule has 4 aromatic rings. The van der Waals surface area contributed by atoms with Gasteiger partial charge in [0.1, 0.15) is 11.6 Å². The van der Waals surface area contributed by atoms with Crippen LogP contribution >= 0.6 is 11.6 Å². The van der Waals surface area contributed by atoms with Crippen molar-refractivity contribution in [3.05, 3.63) is 81.3 Å². The molecule has 30 heavy (non-hydrogen) atoms. The summed E-state index contributed by atoms with van der Waals surface area (Å²) >= 11 is 5.98. The maximum absolute atomic E-state index is 12.4. The Kier molecular flexibility index (Phi) is 5.29. The Bertz CT molecular complexity index is 1320. The molecule has 152 valence electrons. The second kappa shape index (κ2) is 8.04. The molecule has 0 unspecified atom stereocenters. The van der Waals surface area contributed by atoms with Crippen molar-refractivity contribution in [3.63, 3.8) is 0 Å². The highest BCUT2D eigenvalue weighted by molar-refractivity contribution is 6.31. The molecule has 2 heterocycles. The Morgan fingerprint density at radius 3 is 2.70 bits per heavy atom. The number of nitrogens with one attached hydrogen (secondary N) is 2. The lowest BCUT2D eigenvalue weighted by Crippen LogP contribution is -2.43. The van der Waals surface area contributed by atoms with E-state index in [1.54, 1.807) is 54.6 Å². The van der Waals surface area contributed by atoms with Crippen LogP contribution in [0.25, 0.3) is 21.9 Å². The van der Waals surface area contributed by atoms with Gasteiger partial charge in [0.25, 0.3) is 0 Å². The minimum absolute atomic E-state index is 0.0553. The van der Waals surface area contributed by atoms with Crippen LogP contribution in [0.15, 0.2) is 63.8 Å². The molecule has 0 bridgehead atoms. The van der Waals surface area contributed by atoms with E-state index in [1.807, 2.05) is 0 Å². The van der Waals surface area contributed by atoms with Gasteiger partial charge in [-0.15, -0.1) is 0 Å². The Labute approximate surface area is 175 Å². The summed E-state index contributed by atoms with van der Waals surface area (Å²) in [6.45, 7) is 0. The Balaban J connectivity index is 1.50. The molecule has 1 amide bonds. The van der Waals surface area contributed by atoms with Gasteiger partial charge in [0.2, 0.25) is 5.91 Å². The Morgan fingerprint density at radius 2 is 1.90 bits per heavy atom. The Morgan fingerprint density at radius 1 is 1.10 bits per heavy atom. The summed E-state index contributed by atoms with van der Waals surface area (Å²) in [6.07, 6.45) is -0.223. The molecule has 0 aliphatic heterocycles. The number of aliphatic carboxylic acids is 1. The van der Waals surface area contributed by atoms with Crippen LogP contribution in [-0.4, -0.2) is 28.0 Å². The summed E-state index contributed by atoms with van der Waals surface area (Å²) in [5, 5.41) is 14.1. The number of benzene rings is 2. The zero-order valence-corrected chi connectivity index (χ0v) is 16.4. The highest BCUT2D eigenvalue weighted by Gasteiger charge is 2.22. The number of carbonyl (C=O) groups is 2. The van der Waals surface area contributed by atoms with Crippen molar-refractivity contribution in [1.29, 1.82) is 0 Å². The molecular weight excluding hydrogens is 408 g/mol. The van der Waals surface area contributed by atoms with Gasteiger partial charge < -0.3 is 19.8 Å². The lowest BCUT2D eigenvalue weighted by Gasteiger charge is -2.13. The molecule has 0 radical (unpaired) electrons. The standard InChI is InChI=1S/C22H17ClN2O5/c23-15-5-6-17-13(8-15)9-16(24-17)11-18(21(27)28)25-20(26)10-14-7-12-3-1-2-4-19(12)30-22(14)29/h1-9,18,24H,10-11H2,(H,25,26)(H,27,28)/t18-/m1/s1. The summed E-state index contributed by atoms with van der Waals surface area (Å²) in [5.74, 6) is -1.75. The van der Waals surface area contributed by atoms with Gasteiger partial charge in [0.05, 0.1) is 6.42 Å². The van der Waals surface area contributed by atoms with Crippen LogP contribution in [0, 0.1) is 0 Å². The minimum atomic E-state index is -1.18. The number of carbonyl (C=O) groups excluding carboxylic acids is 1. The lowest BCUT2D eigenvalue weighted by atomic mass is 10.1. The van der Waals surface area contributed by atoms with E-state index in [4.69, 9.17) is 16.0 Å². The van der Waals surface area contributed by atoms with E-state index in [2.05, 4.69) is 10.3 Å². The van der Waals surface area contributed by atoms with Crippen LogP contribution in [0.5, 0.6) is 0 Å². The van der Waals surface area contributed by atoms with Crippen LogP contribution < -0.4 is 10.9 Å².